The first kappa shape index (κ1) is 12.1. The number of anilines is 1. The number of nitrogens with zero attached hydrogens (tertiary/aromatic N) is 1. The number of aromatic nitrogens is 1. The van der Waals surface area contributed by atoms with Crippen molar-refractivity contribution in [1.82, 2.24) is 4.98 Å². The summed E-state index contributed by atoms with van der Waals surface area (Å²) in [5.74, 6) is 0.496. The van der Waals surface area contributed by atoms with Crippen LogP contribution in [0.2, 0.25) is 0 Å². The number of rotatable bonds is 2. The van der Waals surface area contributed by atoms with E-state index in [2.05, 4.69) is 43.2 Å². The Morgan fingerprint density at radius 2 is 2.29 bits per heavy atom. The van der Waals surface area contributed by atoms with Crippen LogP contribution in [0.1, 0.15) is 44.4 Å². The Morgan fingerprint density at radius 3 is 3.00 bits per heavy atom. The molecule has 2 rings (SSSR count). The number of hydrogen-bond donors (Lipinski definition) is 1. The second-order valence-corrected chi connectivity index (χ2v) is 4.68. The lowest BCUT2D eigenvalue weighted by atomic mass is 10.0. The average Bonchev–Trinajstić information content (AvgIpc) is 2.29. The van der Waals surface area contributed by atoms with E-state index in [-0.39, 0.29) is 0 Å². The summed E-state index contributed by atoms with van der Waals surface area (Å²) in [6.07, 6.45) is 5.11. The van der Waals surface area contributed by atoms with Crippen molar-refractivity contribution in [3.8, 4) is 0 Å². The van der Waals surface area contributed by atoms with Crippen LogP contribution in [0.4, 0.5) is 5.69 Å². The van der Waals surface area contributed by atoms with E-state index >= 15 is 0 Å². The maximum absolute atomic E-state index is 5.53. The van der Waals surface area contributed by atoms with Crippen molar-refractivity contribution in [2.75, 3.05) is 18.7 Å². The number of fused-ring (bicyclic) bond motifs is 1. The van der Waals surface area contributed by atoms with Gasteiger partial charge in [-0.1, -0.05) is 20.8 Å². The van der Waals surface area contributed by atoms with Crippen LogP contribution in [-0.4, -0.2) is 18.3 Å². The van der Waals surface area contributed by atoms with Gasteiger partial charge in [-0.05, 0) is 35.6 Å². The molecule has 0 saturated heterocycles. The van der Waals surface area contributed by atoms with Gasteiger partial charge in [0.25, 0.3) is 0 Å². The van der Waals surface area contributed by atoms with Gasteiger partial charge in [-0.2, -0.15) is 0 Å². The second kappa shape index (κ2) is 5.32. The van der Waals surface area contributed by atoms with Gasteiger partial charge in [0.2, 0.25) is 0 Å². The first-order chi connectivity index (χ1) is 8.20. The van der Waals surface area contributed by atoms with E-state index in [0.717, 1.165) is 17.8 Å². The molecule has 1 aliphatic heterocycles. The first-order valence-corrected chi connectivity index (χ1v) is 6.21. The van der Waals surface area contributed by atoms with Crippen molar-refractivity contribution in [3.05, 3.63) is 29.1 Å². The zero-order valence-corrected chi connectivity index (χ0v) is 10.8. The van der Waals surface area contributed by atoms with E-state index in [1.165, 1.54) is 11.1 Å². The van der Waals surface area contributed by atoms with Crippen molar-refractivity contribution in [2.45, 2.75) is 33.1 Å². The van der Waals surface area contributed by atoms with Crippen LogP contribution < -0.4 is 5.32 Å². The third-order valence-corrected chi connectivity index (χ3v) is 3.05. The quantitative estimate of drug-likeness (QED) is 0.848. The molecule has 0 bridgehead atoms. The minimum absolute atomic E-state index is 0.496. The molecule has 0 spiro atoms. The SMILES string of the molecule is CC/C1=C/c2ncc(C(C)C)cc2NCOC1. The lowest BCUT2D eigenvalue weighted by Crippen LogP contribution is -2.13. The van der Waals surface area contributed by atoms with Crippen molar-refractivity contribution in [1.29, 1.82) is 0 Å². The van der Waals surface area contributed by atoms with Gasteiger partial charge in [0.1, 0.15) is 6.73 Å². The summed E-state index contributed by atoms with van der Waals surface area (Å²) in [7, 11) is 0. The summed E-state index contributed by atoms with van der Waals surface area (Å²) in [6, 6.07) is 2.17. The average molecular weight is 232 g/mol. The first-order valence-electron chi connectivity index (χ1n) is 6.21. The molecule has 0 aliphatic carbocycles. The summed E-state index contributed by atoms with van der Waals surface area (Å²) in [5, 5.41) is 3.28. The van der Waals surface area contributed by atoms with Gasteiger partial charge in [-0.15, -0.1) is 0 Å². The molecule has 0 fully saturated rings. The highest BCUT2D eigenvalue weighted by atomic mass is 16.5. The molecule has 1 aromatic heterocycles. The molecule has 92 valence electrons. The predicted molar refractivity (Wildman–Crippen MR) is 71.0 cm³/mol. The highest BCUT2D eigenvalue weighted by molar-refractivity contribution is 5.66. The fourth-order valence-electron chi connectivity index (χ4n) is 1.81. The van der Waals surface area contributed by atoms with Crippen LogP contribution in [0.5, 0.6) is 0 Å². The van der Waals surface area contributed by atoms with Gasteiger partial charge in [0.05, 0.1) is 18.0 Å². The maximum atomic E-state index is 5.53. The molecule has 0 saturated carbocycles. The van der Waals surface area contributed by atoms with Crippen molar-refractivity contribution in [2.24, 2.45) is 0 Å². The minimum atomic E-state index is 0.496. The largest absolute Gasteiger partial charge is 0.361 e. The lowest BCUT2D eigenvalue weighted by Gasteiger charge is -2.17. The molecule has 0 radical (unpaired) electrons. The summed E-state index contributed by atoms with van der Waals surface area (Å²) in [5.41, 5.74) is 4.64. The Hall–Kier alpha value is -1.35. The predicted octanol–water partition coefficient (Wildman–Crippen LogP) is 3.40. The molecule has 17 heavy (non-hydrogen) atoms. The van der Waals surface area contributed by atoms with Crippen LogP contribution in [-0.2, 0) is 4.74 Å². The molecule has 1 aliphatic rings. The standard InChI is InChI=1S/C14H20N2O/c1-4-11-5-13-14(16-9-17-8-11)6-12(7-15-13)10(2)3/h5-7,10,16H,4,8-9H2,1-3H3/b11-5-. The Morgan fingerprint density at radius 1 is 1.47 bits per heavy atom. The molecule has 1 aromatic rings. The number of hydrogen-bond acceptors (Lipinski definition) is 3. The fourth-order valence-corrected chi connectivity index (χ4v) is 1.81. The van der Waals surface area contributed by atoms with Gasteiger partial charge in [0.15, 0.2) is 0 Å². The van der Waals surface area contributed by atoms with E-state index in [1.807, 2.05) is 6.20 Å². The van der Waals surface area contributed by atoms with Gasteiger partial charge in [-0.3, -0.25) is 4.98 Å². The molecule has 0 atom stereocenters. The molecular formula is C14H20N2O. The number of pyridine rings is 1. The molecule has 1 N–H and O–H groups in total. The van der Waals surface area contributed by atoms with Crippen molar-refractivity contribution >= 4 is 11.8 Å². The van der Waals surface area contributed by atoms with Gasteiger partial charge < -0.3 is 10.1 Å². The zero-order valence-electron chi connectivity index (χ0n) is 10.8. The summed E-state index contributed by atoms with van der Waals surface area (Å²) < 4.78 is 5.53. The highest BCUT2D eigenvalue weighted by Gasteiger charge is 2.09. The van der Waals surface area contributed by atoms with Crippen LogP contribution in [0.3, 0.4) is 0 Å². The summed E-state index contributed by atoms with van der Waals surface area (Å²) in [4.78, 5) is 4.55. The molecular weight excluding hydrogens is 212 g/mol. The maximum Gasteiger partial charge on any atom is 0.116 e. The number of ether oxygens (including phenoxy) is 1. The Bertz CT molecular complexity index is 424. The van der Waals surface area contributed by atoms with E-state index in [4.69, 9.17) is 4.74 Å². The topological polar surface area (TPSA) is 34.2 Å². The van der Waals surface area contributed by atoms with Crippen LogP contribution >= 0.6 is 0 Å². The summed E-state index contributed by atoms with van der Waals surface area (Å²) >= 11 is 0. The van der Waals surface area contributed by atoms with E-state index in [9.17, 15) is 0 Å². The third-order valence-electron chi connectivity index (χ3n) is 3.05. The molecule has 2 heterocycles. The fraction of sp³-hybridized carbons (Fsp3) is 0.500. The number of nitrogens with one attached hydrogen (secondary N) is 1. The highest BCUT2D eigenvalue weighted by Crippen LogP contribution is 2.24. The zero-order chi connectivity index (χ0) is 12.3. The van der Waals surface area contributed by atoms with E-state index in [1.54, 1.807) is 0 Å². The lowest BCUT2D eigenvalue weighted by molar-refractivity contribution is 0.174. The Labute approximate surface area is 103 Å². The molecule has 3 nitrogen and oxygen atoms in total. The monoisotopic (exact) mass is 232 g/mol. The third kappa shape index (κ3) is 2.86. The van der Waals surface area contributed by atoms with Crippen molar-refractivity contribution in [3.63, 3.8) is 0 Å². The normalized spacial score (nSPS) is 18.7. The van der Waals surface area contributed by atoms with E-state index < -0.39 is 0 Å². The molecule has 3 heteroatoms. The summed E-state index contributed by atoms with van der Waals surface area (Å²) in [6.45, 7) is 7.74. The van der Waals surface area contributed by atoms with Crippen LogP contribution in [0.15, 0.2) is 17.8 Å². The molecule has 0 aromatic carbocycles. The minimum Gasteiger partial charge on any atom is -0.361 e. The van der Waals surface area contributed by atoms with Crippen LogP contribution in [0.25, 0.3) is 6.08 Å². The second-order valence-electron chi connectivity index (χ2n) is 4.68. The van der Waals surface area contributed by atoms with Gasteiger partial charge in [-0.25, -0.2) is 0 Å². The smallest absolute Gasteiger partial charge is 0.116 e. The van der Waals surface area contributed by atoms with Gasteiger partial charge in [0, 0.05) is 6.20 Å². The van der Waals surface area contributed by atoms with Crippen LogP contribution in [0, 0.1) is 0 Å². The van der Waals surface area contributed by atoms with Crippen molar-refractivity contribution < 1.29 is 4.74 Å². The molecule has 0 unspecified atom stereocenters. The van der Waals surface area contributed by atoms with E-state index in [0.29, 0.717) is 19.3 Å². The Balaban J connectivity index is 2.39. The Kier molecular flexibility index (Phi) is 3.79. The van der Waals surface area contributed by atoms with Gasteiger partial charge >= 0.3 is 0 Å². The molecule has 0 amide bonds.